The Kier molecular flexibility index (Phi) is 5.69. The summed E-state index contributed by atoms with van der Waals surface area (Å²) in [7, 11) is 0. The van der Waals surface area contributed by atoms with Crippen molar-refractivity contribution in [2.75, 3.05) is 17.6 Å². The van der Waals surface area contributed by atoms with E-state index in [0.717, 1.165) is 16.0 Å². The van der Waals surface area contributed by atoms with Crippen molar-refractivity contribution in [1.29, 1.82) is 0 Å². The Morgan fingerprint density at radius 2 is 2.05 bits per heavy atom. The third-order valence-electron chi connectivity index (χ3n) is 2.56. The highest BCUT2D eigenvalue weighted by atomic mass is 32.2. The highest BCUT2D eigenvalue weighted by Crippen LogP contribution is 2.26. The molecule has 0 spiro atoms. The first-order chi connectivity index (χ1) is 10.0. The molecule has 0 unspecified atom stereocenters. The van der Waals surface area contributed by atoms with Gasteiger partial charge in [0.1, 0.15) is 5.82 Å². The highest BCUT2D eigenvalue weighted by molar-refractivity contribution is 8.01. The molecule has 1 aromatic heterocycles. The van der Waals surface area contributed by atoms with Crippen LogP contribution in [0.1, 0.15) is 24.2 Å². The maximum absolute atomic E-state index is 12.8. The van der Waals surface area contributed by atoms with Crippen LogP contribution in [0.15, 0.2) is 28.6 Å². The van der Waals surface area contributed by atoms with Crippen LogP contribution in [0.2, 0.25) is 0 Å². The first-order valence-electron chi connectivity index (χ1n) is 6.53. The Balaban J connectivity index is 1.85. The lowest BCUT2D eigenvalue weighted by Gasteiger charge is -2.03. The first-order valence-corrected chi connectivity index (χ1v) is 8.33. The smallest absolute Gasteiger partial charge is 0.206 e. The summed E-state index contributed by atoms with van der Waals surface area (Å²) in [4.78, 5) is 11.9. The minimum atomic E-state index is -0.343. The number of hydrogen-bond acceptors (Lipinski definition) is 6. The van der Waals surface area contributed by atoms with Gasteiger partial charge in [0.25, 0.3) is 0 Å². The largest absolute Gasteiger partial charge is 0.360 e. The van der Waals surface area contributed by atoms with E-state index in [0.29, 0.717) is 11.5 Å². The van der Waals surface area contributed by atoms with Crippen molar-refractivity contribution in [2.45, 2.75) is 18.2 Å². The van der Waals surface area contributed by atoms with E-state index >= 15 is 0 Å². The van der Waals surface area contributed by atoms with E-state index < -0.39 is 0 Å². The van der Waals surface area contributed by atoms with Crippen LogP contribution < -0.4 is 5.32 Å². The number of thioether (sulfide) groups is 1. The maximum Gasteiger partial charge on any atom is 0.206 e. The van der Waals surface area contributed by atoms with Crippen LogP contribution in [0.4, 0.5) is 9.52 Å². The predicted octanol–water partition coefficient (Wildman–Crippen LogP) is 3.72. The second-order valence-corrected chi connectivity index (χ2v) is 7.07. The van der Waals surface area contributed by atoms with Gasteiger partial charge in [-0.3, -0.25) is 4.79 Å². The number of hydrogen-bond donors (Lipinski definition) is 1. The average Bonchev–Trinajstić information content (AvgIpc) is 2.91. The van der Waals surface area contributed by atoms with Gasteiger partial charge in [-0.15, -0.1) is 10.2 Å². The van der Waals surface area contributed by atoms with Gasteiger partial charge in [-0.2, -0.15) is 0 Å². The molecule has 0 aliphatic carbocycles. The standard InChI is InChI=1S/C14H16FN3OS2/c1-9(2)7-16-13-17-18-14(21-13)20-8-12(19)10-3-5-11(15)6-4-10/h3-6,9H,7-8H2,1-2H3,(H,16,17). The number of Topliss-reactive ketones (excluding diaryl/α,β-unsaturated/α-hetero) is 1. The molecule has 4 nitrogen and oxygen atoms in total. The van der Waals surface area contributed by atoms with Crippen molar-refractivity contribution in [1.82, 2.24) is 10.2 Å². The van der Waals surface area contributed by atoms with Gasteiger partial charge in [-0.25, -0.2) is 4.39 Å². The quantitative estimate of drug-likeness (QED) is 0.621. The van der Waals surface area contributed by atoms with E-state index in [9.17, 15) is 9.18 Å². The van der Waals surface area contributed by atoms with Gasteiger partial charge < -0.3 is 5.32 Å². The van der Waals surface area contributed by atoms with E-state index in [1.807, 2.05) is 0 Å². The van der Waals surface area contributed by atoms with Crippen LogP contribution in [0.25, 0.3) is 0 Å². The SMILES string of the molecule is CC(C)CNc1nnc(SCC(=O)c2ccc(F)cc2)s1. The van der Waals surface area contributed by atoms with Crippen molar-refractivity contribution >= 4 is 34.0 Å². The molecule has 0 radical (unpaired) electrons. The summed E-state index contributed by atoms with van der Waals surface area (Å²) in [5.41, 5.74) is 0.506. The third kappa shape index (κ3) is 5.09. The molecule has 0 aliphatic rings. The molecule has 0 saturated carbocycles. The molecule has 2 rings (SSSR count). The topological polar surface area (TPSA) is 54.9 Å². The molecule has 1 aromatic carbocycles. The fraction of sp³-hybridized carbons (Fsp3) is 0.357. The molecule has 0 amide bonds. The Bertz CT molecular complexity index is 599. The van der Waals surface area contributed by atoms with E-state index in [-0.39, 0.29) is 17.4 Å². The van der Waals surface area contributed by atoms with Crippen molar-refractivity contribution in [3.05, 3.63) is 35.6 Å². The normalized spacial score (nSPS) is 10.9. The van der Waals surface area contributed by atoms with E-state index in [4.69, 9.17) is 0 Å². The minimum absolute atomic E-state index is 0.0492. The molecule has 2 aromatic rings. The molecule has 0 saturated heterocycles. The number of carbonyl (C=O) groups excluding carboxylic acids is 1. The number of halogens is 1. The van der Waals surface area contributed by atoms with Gasteiger partial charge in [0.05, 0.1) is 5.75 Å². The lowest BCUT2D eigenvalue weighted by atomic mass is 10.1. The Morgan fingerprint density at radius 3 is 2.71 bits per heavy atom. The summed E-state index contributed by atoms with van der Waals surface area (Å²) >= 11 is 2.78. The number of anilines is 1. The molecular weight excluding hydrogens is 309 g/mol. The summed E-state index contributed by atoms with van der Waals surface area (Å²) in [6, 6.07) is 5.56. The number of benzene rings is 1. The van der Waals surface area contributed by atoms with E-state index in [2.05, 4.69) is 29.4 Å². The van der Waals surface area contributed by atoms with Crippen LogP contribution in [0.5, 0.6) is 0 Å². The number of carbonyl (C=O) groups is 1. The summed E-state index contributed by atoms with van der Waals surface area (Å²) in [5, 5.41) is 12.0. The van der Waals surface area contributed by atoms with Crippen LogP contribution in [-0.2, 0) is 0 Å². The van der Waals surface area contributed by atoms with Crippen molar-refractivity contribution in [3.8, 4) is 0 Å². The van der Waals surface area contributed by atoms with Crippen LogP contribution in [0, 0.1) is 11.7 Å². The molecule has 1 N–H and O–H groups in total. The summed E-state index contributed by atoms with van der Waals surface area (Å²) in [5.74, 6) is 0.408. The average molecular weight is 325 g/mol. The Morgan fingerprint density at radius 1 is 1.33 bits per heavy atom. The minimum Gasteiger partial charge on any atom is -0.360 e. The fourth-order valence-electron chi connectivity index (χ4n) is 1.48. The van der Waals surface area contributed by atoms with Gasteiger partial charge in [0.15, 0.2) is 10.1 Å². The number of aromatic nitrogens is 2. The number of ketones is 1. The zero-order chi connectivity index (χ0) is 15.2. The van der Waals surface area contributed by atoms with Gasteiger partial charge in [-0.05, 0) is 30.2 Å². The molecular formula is C14H16FN3OS2. The molecule has 0 aliphatic heterocycles. The predicted molar refractivity (Wildman–Crippen MR) is 84.7 cm³/mol. The van der Waals surface area contributed by atoms with E-state index in [1.165, 1.54) is 47.4 Å². The van der Waals surface area contributed by atoms with Crippen LogP contribution in [-0.4, -0.2) is 28.3 Å². The molecule has 0 fully saturated rings. The zero-order valence-corrected chi connectivity index (χ0v) is 13.4. The monoisotopic (exact) mass is 325 g/mol. The second-order valence-electron chi connectivity index (χ2n) is 4.87. The maximum atomic E-state index is 12.8. The fourth-order valence-corrected chi connectivity index (χ4v) is 3.13. The van der Waals surface area contributed by atoms with Gasteiger partial charge in [-0.1, -0.05) is 36.9 Å². The van der Waals surface area contributed by atoms with Gasteiger partial charge >= 0.3 is 0 Å². The lowest BCUT2D eigenvalue weighted by Crippen LogP contribution is -2.07. The first kappa shape index (κ1) is 15.9. The Labute approximate surface area is 131 Å². The molecule has 0 atom stereocenters. The molecule has 7 heteroatoms. The number of nitrogens with zero attached hydrogens (tertiary/aromatic N) is 2. The molecule has 1 heterocycles. The van der Waals surface area contributed by atoms with Crippen LogP contribution in [0.3, 0.4) is 0 Å². The molecule has 21 heavy (non-hydrogen) atoms. The highest BCUT2D eigenvalue weighted by Gasteiger charge is 2.10. The zero-order valence-electron chi connectivity index (χ0n) is 11.8. The third-order valence-corrected chi connectivity index (χ3v) is 4.58. The number of nitrogens with one attached hydrogen (secondary N) is 1. The number of rotatable bonds is 7. The van der Waals surface area contributed by atoms with Crippen LogP contribution >= 0.6 is 23.1 Å². The summed E-state index contributed by atoms with van der Waals surface area (Å²) < 4.78 is 13.5. The second kappa shape index (κ2) is 7.51. The molecule has 0 bridgehead atoms. The lowest BCUT2D eigenvalue weighted by molar-refractivity contribution is 0.102. The van der Waals surface area contributed by atoms with Gasteiger partial charge in [0, 0.05) is 12.1 Å². The summed E-state index contributed by atoms with van der Waals surface area (Å²) in [6.07, 6.45) is 0. The molecule has 112 valence electrons. The Hall–Kier alpha value is -1.47. The summed E-state index contributed by atoms with van der Waals surface area (Å²) in [6.45, 7) is 5.07. The van der Waals surface area contributed by atoms with Crippen molar-refractivity contribution in [3.63, 3.8) is 0 Å². The van der Waals surface area contributed by atoms with Crippen molar-refractivity contribution < 1.29 is 9.18 Å². The van der Waals surface area contributed by atoms with Gasteiger partial charge in [0.2, 0.25) is 5.13 Å². The van der Waals surface area contributed by atoms with Crippen molar-refractivity contribution in [2.24, 2.45) is 5.92 Å². The van der Waals surface area contributed by atoms with E-state index in [1.54, 1.807) is 0 Å².